The normalized spacial score (nSPS) is 36.1. The van der Waals surface area contributed by atoms with Crippen LogP contribution in [0.2, 0.25) is 0 Å². The molecule has 8 heteroatoms. The topological polar surface area (TPSA) is 99.1 Å². The summed E-state index contributed by atoms with van der Waals surface area (Å²) in [7, 11) is 0. The highest BCUT2D eigenvalue weighted by atomic mass is 79.9. The quantitative estimate of drug-likeness (QED) is 0.648. The Labute approximate surface area is 118 Å². The summed E-state index contributed by atoms with van der Waals surface area (Å²) in [5.74, 6) is -0.833. The number of nitrogens with one attached hydrogen (secondary N) is 1. The van der Waals surface area contributed by atoms with Crippen molar-refractivity contribution in [2.45, 2.75) is 24.9 Å². The molecule has 0 aromatic carbocycles. The second-order valence-electron chi connectivity index (χ2n) is 4.49. The van der Waals surface area contributed by atoms with E-state index in [0.29, 0.717) is 0 Å². The van der Waals surface area contributed by atoms with Crippen molar-refractivity contribution in [2.24, 2.45) is 5.92 Å². The van der Waals surface area contributed by atoms with Gasteiger partial charge in [-0.2, -0.15) is 0 Å². The molecule has 0 aliphatic carbocycles. The molecule has 19 heavy (non-hydrogen) atoms. The summed E-state index contributed by atoms with van der Waals surface area (Å²) >= 11 is 3.09. The van der Waals surface area contributed by atoms with Crippen LogP contribution in [-0.2, 0) is 9.53 Å². The van der Waals surface area contributed by atoms with E-state index in [2.05, 4.69) is 21.2 Å². The molecule has 106 valence electrons. The summed E-state index contributed by atoms with van der Waals surface area (Å²) in [6.45, 7) is -0.126. The number of aliphatic hydroxyl groups excluding tert-OH is 2. The molecule has 0 radical (unpaired) electrons. The fourth-order valence-electron chi connectivity index (χ4n) is 2.20. The molecule has 0 bridgehead atoms. The Kier molecular flexibility index (Phi) is 4.56. The third-order valence-corrected chi connectivity index (χ3v) is 3.56. The Balaban J connectivity index is 2.07. The van der Waals surface area contributed by atoms with Gasteiger partial charge in [0.15, 0.2) is 0 Å². The minimum Gasteiger partial charge on any atom is -0.394 e. The van der Waals surface area contributed by atoms with E-state index in [-0.39, 0.29) is 25.5 Å². The maximum atomic E-state index is 11.8. The monoisotopic (exact) mass is 334 g/mol. The van der Waals surface area contributed by atoms with E-state index in [4.69, 9.17) is 9.84 Å². The second-order valence-corrected chi connectivity index (χ2v) is 5.02. The molecule has 3 N–H and O–H groups in total. The molecule has 2 fully saturated rings. The van der Waals surface area contributed by atoms with Gasteiger partial charge in [0.2, 0.25) is 5.91 Å². The van der Waals surface area contributed by atoms with Crippen LogP contribution >= 0.6 is 15.9 Å². The SMILES string of the molecule is O=C1NC(=O)N([C@H]2C[C@H](O)[C@@H](CO)O2)CC1/C=C/Br. The van der Waals surface area contributed by atoms with Crippen molar-refractivity contribution in [3.05, 3.63) is 11.1 Å². The van der Waals surface area contributed by atoms with Gasteiger partial charge < -0.3 is 14.9 Å². The predicted octanol–water partition coefficient (Wildman–Crippen LogP) is -0.469. The van der Waals surface area contributed by atoms with E-state index >= 15 is 0 Å². The predicted molar refractivity (Wildman–Crippen MR) is 68.2 cm³/mol. The van der Waals surface area contributed by atoms with Crippen LogP contribution in [0.15, 0.2) is 11.1 Å². The third kappa shape index (κ3) is 2.97. The Morgan fingerprint density at radius 2 is 2.26 bits per heavy atom. The Morgan fingerprint density at radius 3 is 2.84 bits per heavy atom. The van der Waals surface area contributed by atoms with Gasteiger partial charge in [-0.15, -0.1) is 0 Å². The van der Waals surface area contributed by atoms with Crippen molar-refractivity contribution < 1.29 is 24.5 Å². The first-order chi connectivity index (χ1) is 9.06. The first-order valence-corrected chi connectivity index (χ1v) is 6.81. The fourth-order valence-corrected chi connectivity index (χ4v) is 2.57. The molecule has 7 nitrogen and oxygen atoms in total. The lowest BCUT2D eigenvalue weighted by atomic mass is 10.1. The van der Waals surface area contributed by atoms with E-state index in [1.165, 1.54) is 4.90 Å². The van der Waals surface area contributed by atoms with Crippen LogP contribution in [0.25, 0.3) is 0 Å². The van der Waals surface area contributed by atoms with Crippen LogP contribution in [0, 0.1) is 5.92 Å². The van der Waals surface area contributed by atoms with Crippen molar-refractivity contribution in [1.29, 1.82) is 0 Å². The van der Waals surface area contributed by atoms with Crippen molar-refractivity contribution in [1.82, 2.24) is 10.2 Å². The zero-order valence-electron chi connectivity index (χ0n) is 10.0. The maximum Gasteiger partial charge on any atom is 0.326 e. The minimum atomic E-state index is -0.814. The molecule has 4 atom stereocenters. The van der Waals surface area contributed by atoms with E-state index in [1.807, 2.05) is 0 Å². The summed E-state index contributed by atoms with van der Waals surface area (Å²) in [6, 6.07) is -0.542. The van der Waals surface area contributed by atoms with Crippen LogP contribution in [0.3, 0.4) is 0 Å². The van der Waals surface area contributed by atoms with Crippen LogP contribution < -0.4 is 5.32 Å². The fraction of sp³-hybridized carbons (Fsp3) is 0.636. The van der Waals surface area contributed by atoms with E-state index in [9.17, 15) is 14.7 Å². The largest absolute Gasteiger partial charge is 0.394 e. The second kappa shape index (κ2) is 6.00. The molecule has 2 heterocycles. The molecule has 0 aromatic rings. The van der Waals surface area contributed by atoms with Gasteiger partial charge in [-0.1, -0.05) is 22.0 Å². The van der Waals surface area contributed by atoms with Crippen LogP contribution in [0.1, 0.15) is 6.42 Å². The number of carbonyl (C=O) groups is 2. The molecular weight excluding hydrogens is 320 g/mol. The number of amides is 3. The lowest BCUT2D eigenvalue weighted by Gasteiger charge is -2.34. The van der Waals surface area contributed by atoms with Gasteiger partial charge in [-0.05, 0) is 4.99 Å². The summed E-state index contributed by atoms with van der Waals surface area (Å²) in [5.41, 5.74) is 0. The summed E-state index contributed by atoms with van der Waals surface area (Å²) < 4.78 is 5.41. The molecule has 2 rings (SSSR count). The summed E-state index contributed by atoms with van der Waals surface area (Å²) in [5, 5.41) is 20.9. The molecule has 3 amide bonds. The maximum absolute atomic E-state index is 11.8. The van der Waals surface area contributed by atoms with Crippen molar-refractivity contribution in [3.63, 3.8) is 0 Å². The molecular formula is C11H15BrN2O5. The Morgan fingerprint density at radius 1 is 1.53 bits per heavy atom. The van der Waals surface area contributed by atoms with Gasteiger partial charge in [-0.3, -0.25) is 15.0 Å². The number of rotatable bonds is 3. The zero-order valence-corrected chi connectivity index (χ0v) is 11.6. The van der Waals surface area contributed by atoms with E-state index in [0.717, 1.165) is 0 Å². The number of hydrogen-bond acceptors (Lipinski definition) is 5. The summed E-state index contributed by atoms with van der Waals surface area (Å²) in [6.07, 6.45) is -0.293. The minimum absolute atomic E-state index is 0.183. The highest BCUT2D eigenvalue weighted by Gasteiger charge is 2.42. The van der Waals surface area contributed by atoms with Gasteiger partial charge in [-0.25, -0.2) is 4.79 Å². The molecule has 2 saturated heterocycles. The molecule has 0 spiro atoms. The number of carbonyl (C=O) groups excluding carboxylic acids is 2. The molecule has 2 aliphatic rings. The Hall–Kier alpha value is -0.960. The van der Waals surface area contributed by atoms with E-state index < -0.39 is 30.4 Å². The van der Waals surface area contributed by atoms with Gasteiger partial charge in [0.05, 0.1) is 18.6 Å². The van der Waals surface area contributed by atoms with Crippen molar-refractivity contribution in [2.75, 3.05) is 13.2 Å². The highest BCUT2D eigenvalue weighted by Crippen LogP contribution is 2.25. The number of halogens is 1. The lowest BCUT2D eigenvalue weighted by molar-refractivity contribution is -0.127. The zero-order chi connectivity index (χ0) is 14.0. The number of hydrogen-bond donors (Lipinski definition) is 3. The van der Waals surface area contributed by atoms with Crippen LogP contribution in [0.4, 0.5) is 4.79 Å². The molecule has 2 aliphatic heterocycles. The highest BCUT2D eigenvalue weighted by molar-refractivity contribution is 9.11. The number of imide groups is 1. The number of nitrogens with zero attached hydrogens (tertiary/aromatic N) is 1. The van der Waals surface area contributed by atoms with Gasteiger partial charge in [0.25, 0.3) is 0 Å². The van der Waals surface area contributed by atoms with E-state index in [1.54, 1.807) is 11.1 Å². The first kappa shape index (κ1) is 14.4. The third-order valence-electron chi connectivity index (χ3n) is 3.26. The molecule has 0 saturated carbocycles. The number of urea groups is 1. The van der Waals surface area contributed by atoms with Crippen LogP contribution in [0.5, 0.6) is 0 Å². The number of aliphatic hydroxyl groups is 2. The van der Waals surface area contributed by atoms with Crippen molar-refractivity contribution >= 4 is 27.9 Å². The molecule has 1 unspecified atom stereocenters. The lowest BCUT2D eigenvalue weighted by Crippen LogP contribution is -2.57. The average Bonchev–Trinajstić information content (AvgIpc) is 2.74. The van der Waals surface area contributed by atoms with Crippen LogP contribution in [-0.4, -0.2) is 58.6 Å². The Bertz CT molecular complexity index is 403. The first-order valence-electron chi connectivity index (χ1n) is 5.89. The van der Waals surface area contributed by atoms with Crippen molar-refractivity contribution in [3.8, 4) is 0 Å². The van der Waals surface area contributed by atoms with Gasteiger partial charge >= 0.3 is 6.03 Å². The summed E-state index contributed by atoms with van der Waals surface area (Å²) in [4.78, 5) is 26.3. The molecule has 0 aromatic heterocycles. The van der Waals surface area contributed by atoms with Gasteiger partial charge in [0, 0.05) is 13.0 Å². The average molecular weight is 335 g/mol. The smallest absolute Gasteiger partial charge is 0.326 e. The number of ether oxygens (including phenoxy) is 1. The standard InChI is InChI=1S/C11H15BrN2O5/c12-2-1-6-4-14(11(18)13-10(6)17)9-3-7(16)8(5-15)19-9/h1-2,6-9,15-16H,3-5H2,(H,13,17,18)/b2-1+/t6?,7-,8+,9+/m0/s1. The van der Waals surface area contributed by atoms with Gasteiger partial charge in [0.1, 0.15) is 12.3 Å².